The summed E-state index contributed by atoms with van der Waals surface area (Å²) in [7, 11) is 0. The second-order valence-corrected chi connectivity index (χ2v) is 3.46. The predicted octanol–water partition coefficient (Wildman–Crippen LogP) is 1.77. The van der Waals surface area contributed by atoms with Crippen molar-refractivity contribution in [1.82, 2.24) is 9.55 Å². The van der Waals surface area contributed by atoms with E-state index in [1.54, 1.807) is 0 Å². The van der Waals surface area contributed by atoms with Crippen molar-refractivity contribution in [3.63, 3.8) is 0 Å². The van der Waals surface area contributed by atoms with Gasteiger partial charge in [0, 0.05) is 13.1 Å². The minimum absolute atomic E-state index is 1.01. The Kier molecular flexibility index (Phi) is 1.20. The number of hydrogen-bond donors (Lipinski definition) is 1. The molecule has 0 amide bonds. The highest BCUT2D eigenvalue weighted by atomic mass is 15.3. The lowest BCUT2D eigenvalue weighted by Gasteiger charge is -1.97. The fourth-order valence-corrected chi connectivity index (χ4v) is 1.93. The van der Waals surface area contributed by atoms with Gasteiger partial charge in [0.1, 0.15) is 0 Å². The zero-order chi connectivity index (χ0) is 8.84. The number of rotatable bonds is 0. The zero-order valence-electron chi connectivity index (χ0n) is 7.54. The van der Waals surface area contributed by atoms with Crippen LogP contribution in [0.3, 0.4) is 0 Å². The van der Waals surface area contributed by atoms with Gasteiger partial charge in [-0.3, -0.25) is 0 Å². The highest BCUT2D eigenvalue weighted by Crippen LogP contribution is 2.24. The fourth-order valence-electron chi connectivity index (χ4n) is 1.93. The number of nitrogens with zero attached hydrogens (tertiary/aromatic N) is 2. The fraction of sp³-hybridized carbons (Fsp3) is 0.300. The van der Waals surface area contributed by atoms with E-state index in [-0.39, 0.29) is 0 Å². The number of fused-ring (bicyclic) bond motifs is 3. The summed E-state index contributed by atoms with van der Waals surface area (Å²) in [6.07, 6.45) is 0. The Morgan fingerprint density at radius 3 is 3.31 bits per heavy atom. The standard InChI is InChI=1S/C10H11N3/c1-7-3-2-4-8-9(7)12-10-11-5-6-13(8)10/h2-4H,5-6H2,1H3,(H,11,12). The molecule has 1 aromatic heterocycles. The van der Waals surface area contributed by atoms with E-state index < -0.39 is 0 Å². The van der Waals surface area contributed by atoms with Gasteiger partial charge in [-0.25, -0.2) is 4.98 Å². The Morgan fingerprint density at radius 2 is 2.38 bits per heavy atom. The molecule has 3 heteroatoms. The first-order valence-corrected chi connectivity index (χ1v) is 4.56. The van der Waals surface area contributed by atoms with E-state index in [2.05, 4.69) is 40.0 Å². The predicted molar refractivity (Wildman–Crippen MR) is 53.0 cm³/mol. The van der Waals surface area contributed by atoms with Crippen LogP contribution in [0.1, 0.15) is 5.56 Å². The summed E-state index contributed by atoms with van der Waals surface area (Å²) >= 11 is 0. The van der Waals surface area contributed by atoms with Crippen molar-refractivity contribution in [2.45, 2.75) is 13.5 Å². The van der Waals surface area contributed by atoms with Crippen molar-refractivity contribution in [1.29, 1.82) is 0 Å². The minimum Gasteiger partial charge on any atom is -0.354 e. The van der Waals surface area contributed by atoms with Crippen LogP contribution in [0, 0.1) is 6.92 Å². The molecule has 66 valence electrons. The first-order valence-electron chi connectivity index (χ1n) is 4.56. The van der Waals surface area contributed by atoms with E-state index in [0.29, 0.717) is 0 Å². The van der Waals surface area contributed by atoms with Gasteiger partial charge >= 0.3 is 0 Å². The van der Waals surface area contributed by atoms with E-state index >= 15 is 0 Å². The molecule has 3 nitrogen and oxygen atoms in total. The number of imidazole rings is 1. The first kappa shape index (κ1) is 6.95. The van der Waals surface area contributed by atoms with Gasteiger partial charge in [-0.1, -0.05) is 12.1 Å². The number of para-hydroxylation sites is 1. The Hall–Kier alpha value is -1.51. The van der Waals surface area contributed by atoms with Gasteiger partial charge in [-0.05, 0) is 18.6 Å². The average Bonchev–Trinajstić information content (AvgIpc) is 2.65. The maximum absolute atomic E-state index is 4.54. The third kappa shape index (κ3) is 0.813. The molecular weight excluding hydrogens is 162 g/mol. The number of nitrogens with one attached hydrogen (secondary N) is 1. The number of hydrogen-bond acceptors (Lipinski definition) is 2. The highest BCUT2D eigenvalue weighted by Gasteiger charge is 2.15. The highest BCUT2D eigenvalue weighted by molar-refractivity contribution is 5.82. The molecule has 1 aromatic carbocycles. The van der Waals surface area contributed by atoms with E-state index in [0.717, 1.165) is 24.6 Å². The molecule has 0 saturated carbocycles. The molecular formula is C10H11N3. The molecule has 0 aliphatic carbocycles. The molecule has 13 heavy (non-hydrogen) atoms. The third-order valence-corrected chi connectivity index (χ3v) is 2.60. The molecule has 0 saturated heterocycles. The smallest absolute Gasteiger partial charge is 0.204 e. The summed E-state index contributed by atoms with van der Waals surface area (Å²) in [6, 6.07) is 6.32. The molecule has 2 aromatic rings. The van der Waals surface area contributed by atoms with Gasteiger partial charge in [-0.2, -0.15) is 0 Å². The molecule has 0 radical (unpaired) electrons. The van der Waals surface area contributed by atoms with E-state index in [1.807, 2.05) is 0 Å². The molecule has 1 aliphatic rings. The van der Waals surface area contributed by atoms with Gasteiger partial charge in [0.2, 0.25) is 5.95 Å². The second kappa shape index (κ2) is 2.25. The van der Waals surface area contributed by atoms with Crippen LogP contribution in [0.2, 0.25) is 0 Å². The lowest BCUT2D eigenvalue weighted by atomic mass is 10.2. The van der Waals surface area contributed by atoms with Crippen LogP contribution in [-0.2, 0) is 6.54 Å². The largest absolute Gasteiger partial charge is 0.354 e. The van der Waals surface area contributed by atoms with Crippen molar-refractivity contribution in [2.75, 3.05) is 11.9 Å². The first-order chi connectivity index (χ1) is 6.36. The van der Waals surface area contributed by atoms with Gasteiger partial charge in [0.15, 0.2) is 0 Å². The molecule has 0 bridgehead atoms. The van der Waals surface area contributed by atoms with Crippen LogP contribution in [0.4, 0.5) is 5.95 Å². The molecule has 0 fully saturated rings. The van der Waals surface area contributed by atoms with E-state index in [1.165, 1.54) is 11.1 Å². The van der Waals surface area contributed by atoms with Gasteiger partial charge in [0.05, 0.1) is 11.0 Å². The maximum atomic E-state index is 4.54. The summed E-state index contributed by atoms with van der Waals surface area (Å²) in [6.45, 7) is 4.15. The lowest BCUT2D eigenvalue weighted by Crippen LogP contribution is -1.95. The van der Waals surface area contributed by atoms with E-state index in [4.69, 9.17) is 0 Å². The average molecular weight is 173 g/mol. The Balaban J connectivity index is 2.44. The van der Waals surface area contributed by atoms with Crippen LogP contribution in [0.15, 0.2) is 18.2 Å². The van der Waals surface area contributed by atoms with Crippen LogP contribution < -0.4 is 5.32 Å². The number of anilines is 1. The third-order valence-electron chi connectivity index (χ3n) is 2.60. The summed E-state index contributed by atoms with van der Waals surface area (Å²) < 4.78 is 2.24. The molecule has 1 aliphatic heterocycles. The molecule has 0 unspecified atom stereocenters. The summed E-state index contributed by atoms with van der Waals surface area (Å²) in [5.41, 5.74) is 3.63. The number of aryl methyl sites for hydroxylation is 1. The monoisotopic (exact) mass is 173 g/mol. The normalized spacial score (nSPS) is 14.5. The topological polar surface area (TPSA) is 29.9 Å². The minimum atomic E-state index is 1.01. The Bertz CT molecular complexity index is 470. The van der Waals surface area contributed by atoms with Gasteiger partial charge < -0.3 is 9.88 Å². The second-order valence-electron chi connectivity index (χ2n) is 3.46. The summed E-state index contributed by atoms with van der Waals surface area (Å²) in [4.78, 5) is 4.54. The molecule has 2 heterocycles. The number of benzene rings is 1. The molecule has 0 spiro atoms. The van der Waals surface area contributed by atoms with Crippen LogP contribution in [0.25, 0.3) is 11.0 Å². The molecule has 0 atom stereocenters. The van der Waals surface area contributed by atoms with Crippen molar-refractivity contribution in [3.8, 4) is 0 Å². The van der Waals surface area contributed by atoms with Crippen molar-refractivity contribution < 1.29 is 0 Å². The quantitative estimate of drug-likeness (QED) is 0.658. The number of aromatic nitrogens is 2. The lowest BCUT2D eigenvalue weighted by molar-refractivity contribution is 0.837. The van der Waals surface area contributed by atoms with Crippen LogP contribution in [0.5, 0.6) is 0 Å². The zero-order valence-corrected chi connectivity index (χ0v) is 7.54. The van der Waals surface area contributed by atoms with Crippen molar-refractivity contribution in [3.05, 3.63) is 23.8 Å². The van der Waals surface area contributed by atoms with Gasteiger partial charge in [0.25, 0.3) is 0 Å². The Morgan fingerprint density at radius 1 is 1.46 bits per heavy atom. The van der Waals surface area contributed by atoms with Gasteiger partial charge in [-0.15, -0.1) is 0 Å². The SMILES string of the molecule is Cc1cccc2c1nc1n2CCN1. The van der Waals surface area contributed by atoms with Crippen molar-refractivity contribution in [2.24, 2.45) is 0 Å². The maximum Gasteiger partial charge on any atom is 0.204 e. The van der Waals surface area contributed by atoms with Crippen LogP contribution >= 0.6 is 0 Å². The van der Waals surface area contributed by atoms with E-state index in [9.17, 15) is 0 Å². The Labute approximate surface area is 76.4 Å². The summed E-state index contributed by atoms with van der Waals surface area (Å²) in [5, 5.41) is 3.27. The molecule has 3 rings (SSSR count). The summed E-state index contributed by atoms with van der Waals surface area (Å²) in [5.74, 6) is 1.02. The van der Waals surface area contributed by atoms with Crippen LogP contribution in [-0.4, -0.2) is 16.1 Å². The molecule has 1 N–H and O–H groups in total. The van der Waals surface area contributed by atoms with Crippen molar-refractivity contribution >= 4 is 17.0 Å².